The van der Waals surface area contributed by atoms with E-state index in [1.807, 2.05) is 30.3 Å². The van der Waals surface area contributed by atoms with Gasteiger partial charge in [-0.25, -0.2) is 4.79 Å². The van der Waals surface area contributed by atoms with Crippen LogP contribution in [0.15, 0.2) is 30.3 Å². The number of hydrogen-bond acceptors (Lipinski definition) is 3. The van der Waals surface area contributed by atoms with E-state index < -0.39 is 0 Å². The summed E-state index contributed by atoms with van der Waals surface area (Å²) in [5.41, 5.74) is 1.06. The fourth-order valence-corrected chi connectivity index (χ4v) is 5.01. The molecule has 1 spiro atoms. The van der Waals surface area contributed by atoms with Gasteiger partial charge in [0, 0.05) is 31.4 Å². The van der Waals surface area contributed by atoms with Gasteiger partial charge in [-0.1, -0.05) is 37.5 Å². The van der Waals surface area contributed by atoms with Gasteiger partial charge in [-0.05, 0) is 50.7 Å². The third-order valence-corrected chi connectivity index (χ3v) is 6.52. The molecular formula is C22H33N3O2. The molecule has 0 bridgehead atoms. The van der Waals surface area contributed by atoms with E-state index in [0.29, 0.717) is 6.10 Å². The van der Waals surface area contributed by atoms with E-state index in [1.165, 1.54) is 44.9 Å². The zero-order valence-corrected chi connectivity index (χ0v) is 16.3. The molecule has 1 atom stereocenters. The summed E-state index contributed by atoms with van der Waals surface area (Å²) >= 11 is 0. The molecule has 27 heavy (non-hydrogen) atoms. The lowest BCUT2D eigenvalue weighted by Crippen LogP contribution is -2.47. The average Bonchev–Trinajstić information content (AvgIpc) is 3.06. The summed E-state index contributed by atoms with van der Waals surface area (Å²) in [7, 11) is 0. The van der Waals surface area contributed by atoms with Gasteiger partial charge >= 0.3 is 6.03 Å². The highest BCUT2D eigenvalue weighted by Crippen LogP contribution is 2.42. The maximum absolute atomic E-state index is 12.2. The van der Waals surface area contributed by atoms with Gasteiger partial charge in [0.15, 0.2) is 0 Å². The third kappa shape index (κ3) is 5.02. The van der Waals surface area contributed by atoms with Crippen molar-refractivity contribution >= 4 is 11.7 Å². The summed E-state index contributed by atoms with van der Waals surface area (Å²) in [6, 6.07) is 9.78. The first-order valence-corrected chi connectivity index (χ1v) is 10.7. The van der Waals surface area contributed by atoms with Gasteiger partial charge in [0.05, 0.1) is 11.7 Å². The second-order valence-corrected chi connectivity index (χ2v) is 8.56. The summed E-state index contributed by atoms with van der Waals surface area (Å²) in [4.78, 5) is 14.7. The first-order valence-electron chi connectivity index (χ1n) is 10.7. The van der Waals surface area contributed by atoms with Crippen molar-refractivity contribution in [1.82, 2.24) is 10.2 Å². The maximum Gasteiger partial charge on any atom is 0.319 e. The number of nitrogens with zero attached hydrogens (tertiary/aromatic N) is 1. The van der Waals surface area contributed by atoms with Gasteiger partial charge in [0.1, 0.15) is 0 Å². The van der Waals surface area contributed by atoms with Crippen LogP contribution in [-0.4, -0.2) is 48.3 Å². The molecule has 5 nitrogen and oxygen atoms in total. The smallest absolute Gasteiger partial charge is 0.319 e. The minimum Gasteiger partial charge on any atom is -0.370 e. The van der Waals surface area contributed by atoms with Crippen LogP contribution in [0.4, 0.5) is 10.5 Å². The Bertz CT molecular complexity index is 607. The Labute approximate surface area is 162 Å². The molecule has 1 saturated carbocycles. The fraction of sp³-hybridized carbons (Fsp3) is 0.682. The second kappa shape index (κ2) is 8.61. The topological polar surface area (TPSA) is 53.6 Å². The Morgan fingerprint density at radius 1 is 1.04 bits per heavy atom. The standard InChI is InChI=1S/C22H33N3O2/c26-21(23-18-7-3-1-4-8-18)24-19-10-15-25(16-11-19)17-20-9-14-22(27-20)12-5-2-6-13-22/h1,3-4,7-8,19-20H,2,5-6,9-17H2,(H2,23,24,26). The van der Waals surface area contributed by atoms with E-state index in [0.717, 1.165) is 38.2 Å². The second-order valence-electron chi connectivity index (χ2n) is 8.56. The Hall–Kier alpha value is -1.59. The van der Waals surface area contributed by atoms with Gasteiger partial charge in [-0.3, -0.25) is 0 Å². The molecule has 1 aromatic carbocycles. The number of carbonyl (C=O) groups excluding carboxylic acids is 1. The molecule has 5 heteroatoms. The number of urea groups is 1. The number of carbonyl (C=O) groups is 1. The van der Waals surface area contributed by atoms with Crippen LogP contribution in [0.5, 0.6) is 0 Å². The SMILES string of the molecule is O=C(Nc1ccccc1)NC1CCN(CC2CCC3(CCCCC3)O2)CC1. The van der Waals surface area contributed by atoms with Crippen molar-refractivity contribution in [2.24, 2.45) is 0 Å². The Kier molecular flexibility index (Phi) is 5.98. The molecule has 0 radical (unpaired) electrons. The van der Waals surface area contributed by atoms with Gasteiger partial charge in [0.25, 0.3) is 0 Å². The quantitative estimate of drug-likeness (QED) is 0.836. The highest BCUT2D eigenvalue weighted by atomic mass is 16.5. The molecule has 3 aliphatic rings. The predicted molar refractivity (Wildman–Crippen MR) is 108 cm³/mol. The lowest BCUT2D eigenvalue weighted by Gasteiger charge is -2.36. The van der Waals surface area contributed by atoms with Crippen molar-refractivity contribution in [2.75, 3.05) is 25.0 Å². The van der Waals surface area contributed by atoms with Crippen molar-refractivity contribution < 1.29 is 9.53 Å². The number of anilines is 1. The number of piperidine rings is 1. The van der Waals surface area contributed by atoms with E-state index in [-0.39, 0.29) is 17.7 Å². The number of para-hydroxylation sites is 1. The zero-order chi connectivity index (χ0) is 18.5. The van der Waals surface area contributed by atoms with Gasteiger partial charge in [0.2, 0.25) is 0 Å². The van der Waals surface area contributed by atoms with E-state index in [2.05, 4.69) is 15.5 Å². The lowest BCUT2D eigenvalue weighted by atomic mass is 9.83. The number of amides is 2. The maximum atomic E-state index is 12.2. The third-order valence-electron chi connectivity index (χ3n) is 6.52. The number of nitrogens with one attached hydrogen (secondary N) is 2. The van der Waals surface area contributed by atoms with Crippen LogP contribution in [0.1, 0.15) is 57.8 Å². The molecule has 2 N–H and O–H groups in total. The number of likely N-dealkylation sites (tertiary alicyclic amines) is 1. The number of rotatable bonds is 4. The summed E-state index contributed by atoms with van der Waals surface area (Å²) in [5.74, 6) is 0. The van der Waals surface area contributed by atoms with Crippen molar-refractivity contribution in [2.45, 2.75) is 75.5 Å². The van der Waals surface area contributed by atoms with Crippen LogP contribution in [0, 0.1) is 0 Å². The molecule has 3 fully saturated rings. The molecule has 2 amide bonds. The molecule has 0 aromatic heterocycles. The molecular weight excluding hydrogens is 338 g/mol. The Morgan fingerprint density at radius 3 is 2.52 bits per heavy atom. The first-order chi connectivity index (χ1) is 13.2. The molecule has 1 aliphatic carbocycles. The highest BCUT2D eigenvalue weighted by Gasteiger charge is 2.41. The van der Waals surface area contributed by atoms with Crippen LogP contribution in [0.3, 0.4) is 0 Å². The van der Waals surface area contributed by atoms with E-state index in [1.54, 1.807) is 0 Å². The van der Waals surface area contributed by atoms with Crippen molar-refractivity contribution in [3.05, 3.63) is 30.3 Å². The molecule has 2 heterocycles. The Balaban J connectivity index is 1.17. The van der Waals surface area contributed by atoms with Crippen molar-refractivity contribution in [3.8, 4) is 0 Å². The van der Waals surface area contributed by atoms with Gasteiger partial charge in [-0.2, -0.15) is 0 Å². The highest BCUT2D eigenvalue weighted by molar-refractivity contribution is 5.89. The summed E-state index contributed by atoms with van der Waals surface area (Å²) in [5, 5.41) is 6.03. The summed E-state index contributed by atoms with van der Waals surface area (Å²) < 4.78 is 6.53. The van der Waals surface area contributed by atoms with Gasteiger partial charge < -0.3 is 20.3 Å². The van der Waals surface area contributed by atoms with Crippen LogP contribution in [0.25, 0.3) is 0 Å². The van der Waals surface area contributed by atoms with E-state index in [4.69, 9.17) is 4.74 Å². The molecule has 2 saturated heterocycles. The van der Waals surface area contributed by atoms with Crippen LogP contribution < -0.4 is 10.6 Å². The van der Waals surface area contributed by atoms with E-state index in [9.17, 15) is 4.79 Å². The molecule has 1 aromatic rings. The first kappa shape index (κ1) is 18.8. The van der Waals surface area contributed by atoms with Crippen LogP contribution in [0.2, 0.25) is 0 Å². The predicted octanol–water partition coefficient (Wildman–Crippen LogP) is 4.15. The Morgan fingerprint density at radius 2 is 1.78 bits per heavy atom. The number of ether oxygens (including phenoxy) is 1. The molecule has 2 aliphatic heterocycles. The van der Waals surface area contributed by atoms with Crippen molar-refractivity contribution in [3.63, 3.8) is 0 Å². The lowest BCUT2D eigenvalue weighted by molar-refractivity contribution is -0.0731. The number of benzene rings is 1. The average molecular weight is 372 g/mol. The minimum absolute atomic E-state index is 0.0991. The van der Waals surface area contributed by atoms with Crippen molar-refractivity contribution in [1.29, 1.82) is 0 Å². The molecule has 1 unspecified atom stereocenters. The number of hydrogen-bond donors (Lipinski definition) is 2. The fourth-order valence-electron chi connectivity index (χ4n) is 5.01. The summed E-state index contributed by atoms with van der Waals surface area (Å²) in [6.07, 6.45) is 11.5. The largest absolute Gasteiger partial charge is 0.370 e. The summed E-state index contributed by atoms with van der Waals surface area (Å²) in [6.45, 7) is 3.15. The normalized spacial score (nSPS) is 26.1. The van der Waals surface area contributed by atoms with Gasteiger partial charge in [-0.15, -0.1) is 0 Å². The zero-order valence-electron chi connectivity index (χ0n) is 16.3. The molecule has 4 rings (SSSR count). The van der Waals surface area contributed by atoms with Crippen LogP contribution in [-0.2, 0) is 4.74 Å². The molecule has 148 valence electrons. The minimum atomic E-state index is -0.0991. The monoisotopic (exact) mass is 371 g/mol. The van der Waals surface area contributed by atoms with Crippen LogP contribution >= 0.6 is 0 Å². The van der Waals surface area contributed by atoms with E-state index >= 15 is 0 Å².